The fourth-order valence-corrected chi connectivity index (χ4v) is 2.94. The lowest BCUT2D eigenvalue weighted by atomic mass is 10.2. The largest absolute Gasteiger partial charge is 0.475 e. The Morgan fingerprint density at radius 1 is 1.41 bits per heavy atom. The van der Waals surface area contributed by atoms with Crippen LogP contribution in [0.1, 0.15) is 10.6 Å². The van der Waals surface area contributed by atoms with Crippen LogP contribution in [0.15, 0.2) is 32.0 Å². The van der Waals surface area contributed by atoms with Crippen molar-refractivity contribution in [3.05, 3.63) is 28.4 Å². The van der Waals surface area contributed by atoms with Gasteiger partial charge in [-0.15, -0.1) is 0 Å². The topological polar surface area (TPSA) is 84.6 Å². The van der Waals surface area contributed by atoms with E-state index in [2.05, 4.69) is 15.9 Å². The van der Waals surface area contributed by atoms with Crippen molar-refractivity contribution in [3.8, 4) is 0 Å². The Balaban J connectivity index is 2.98. The van der Waals surface area contributed by atoms with E-state index in [1.54, 1.807) is 6.07 Å². The Morgan fingerprint density at radius 3 is 2.59 bits per heavy atom. The minimum absolute atomic E-state index is 0.228. The van der Waals surface area contributed by atoms with Crippen molar-refractivity contribution in [1.29, 1.82) is 0 Å². The monoisotopic (exact) mass is 318 g/mol. The molecule has 0 aliphatic heterocycles. The summed E-state index contributed by atoms with van der Waals surface area (Å²) in [5, 5.41) is 9.19. The Hall–Kier alpha value is -1.34. The highest BCUT2D eigenvalue weighted by atomic mass is 79.9. The molecular formula is C10H7BrO5S. The minimum Gasteiger partial charge on any atom is -0.475 e. The van der Waals surface area contributed by atoms with Crippen molar-refractivity contribution in [2.24, 2.45) is 0 Å². The fraction of sp³-hybridized carbons (Fsp3) is 0.100. The number of furan rings is 1. The van der Waals surface area contributed by atoms with Gasteiger partial charge in [-0.1, -0.05) is 15.9 Å². The maximum atomic E-state index is 11.6. The molecule has 1 heterocycles. The summed E-state index contributed by atoms with van der Waals surface area (Å²) in [4.78, 5) is 10.7. The van der Waals surface area contributed by atoms with Crippen LogP contribution in [0.2, 0.25) is 0 Å². The highest BCUT2D eigenvalue weighted by Gasteiger charge is 2.27. The summed E-state index contributed by atoms with van der Waals surface area (Å²) < 4.78 is 28.9. The van der Waals surface area contributed by atoms with Crippen molar-refractivity contribution in [2.75, 3.05) is 6.26 Å². The lowest BCUT2D eigenvalue weighted by Crippen LogP contribution is -2.04. The first-order valence-electron chi connectivity index (χ1n) is 4.46. The molecule has 2 aromatic rings. The summed E-state index contributed by atoms with van der Waals surface area (Å²) in [7, 11) is -3.67. The summed E-state index contributed by atoms with van der Waals surface area (Å²) in [5.41, 5.74) is 0.228. The van der Waals surface area contributed by atoms with E-state index in [1.165, 1.54) is 12.1 Å². The van der Waals surface area contributed by atoms with Gasteiger partial charge in [0, 0.05) is 16.1 Å². The highest BCUT2D eigenvalue weighted by molar-refractivity contribution is 9.10. The standard InChI is InChI=1S/C10H7BrO5S/c1-17(14,15)9-6-4-5(11)2-3-7(6)16-8(9)10(12)13/h2-4H,1H3,(H,12,13). The van der Waals surface area contributed by atoms with E-state index in [1.807, 2.05) is 0 Å². The van der Waals surface area contributed by atoms with Gasteiger partial charge in [-0.05, 0) is 18.2 Å². The van der Waals surface area contributed by atoms with Crippen LogP contribution >= 0.6 is 15.9 Å². The average Bonchev–Trinajstić information content (AvgIpc) is 2.55. The van der Waals surface area contributed by atoms with Gasteiger partial charge in [0.2, 0.25) is 5.76 Å². The van der Waals surface area contributed by atoms with Crippen molar-refractivity contribution in [1.82, 2.24) is 0 Å². The van der Waals surface area contributed by atoms with Gasteiger partial charge in [0.15, 0.2) is 9.84 Å². The molecule has 17 heavy (non-hydrogen) atoms. The van der Waals surface area contributed by atoms with Crippen LogP contribution in [0.5, 0.6) is 0 Å². The predicted molar refractivity (Wildman–Crippen MR) is 64.0 cm³/mol. The van der Waals surface area contributed by atoms with Crippen LogP contribution in [0.3, 0.4) is 0 Å². The molecule has 0 saturated carbocycles. The molecule has 0 radical (unpaired) electrons. The maximum absolute atomic E-state index is 11.6. The lowest BCUT2D eigenvalue weighted by Gasteiger charge is -1.96. The Morgan fingerprint density at radius 2 is 2.06 bits per heavy atom. The number of aromatic carboxylic acids is 1. The zero-order chi connectivity index (χ0) is 12.8. The summed E-state index contributed by atoms with van der Waals surface area (Å²) in [6.45, 7) is 0. The number of carboxylic acids is 1. The quantitative estimate of drug-likeness (QED) is 0.918. The molecule has 0 aliphatic carbocycles. The molecule has 0 fully saturated rings. The van der Waals surface area contributed by atoms with Gasteiger partial charge in [-0.25, -0.2) is 13.2 Å². The van der Waals surface area contributed by atoms with E-state index in [0.29, 0.717) is 4.47 Å². The van der Waals surface area contributed by atoms with Crippen molar-refractivity contribution in [2.45, 2.75) is 4.90 Å². The van der Waals surface area contributed by atoms with E-state index >= 15 is 0 Å². The molecule has 90 valence electrons. The second kappa shape index (κ2) is 3.85. The molecule has 1 aromatic heterocycles. The number of rotatable bonds is 2. The summed E-state index contributed by atoms with van der Waals surface area (Å²) in [6.07, 6.45) is 0.949. The average molecular weight is 319 g/mol. The number of hydrogen-bond donors (Lipinski definition) is 1. The molecule has 1 N–H and O–H groups in total. The first kappa shape index (κ1) is 12.1. The molecule has 0 spiro atoms. The van der Waals surface area contributed by atoms with Crippen LogP contribution in [0, 0.1) is 0 Å². The van der Waals surface area contributed by atoms with Gasteiger partial charge in [0.25, 0.3) is 0 Å². The maximum Gasteiger partial charge on any atom is 0.373 e. The molecule has 1 aromatic carbocycles. The SMILES string of the molecule is CS(=O)(=O)c1c(C(=O)O)oc2ccc(Br)cc12. The summed E-state index contributed by atoms with van der Waals surface area (Å²) in [5.74, 6) is -1.96. The van der Waals surface area contributed by atoms with E-state index in [9.17, 15) is 13.2 Å². The predicted octanol–water partition coefficient (Wildman–Crippen LogP) is 2.30. The van der Waals surface area contributed by atoms with E-state index in [0.717, 1.165) is 6.26 Å². The van der Waals surface area contributed by atoms with Crippen LogP contribution in [0.25, 0.3) is 11.0 Å². The second-order valence-corrected chi connectivity index (χ2v) is 6.35. The van der Waals surface area contributed by atoms with Crippen molar-refractivity contribution in [3.63, 3.8) is 0 Å². The minimum atomic E-state index is -3.67. The Kier molecular flexibility index (Phi) is 2.75. The van der Waals surface area contributed by atoms with Gasteiger partial charge < -0.3 is 9.52 Å². The Labute approximate surface area is 105 Å². The number of fused-ring (bicyclic) bond motifs is 1. The molecule has 0 bridgehead atoms. The zero-order valence-corrected chi connectivity index (χ0v) is 11.0. The fourth-order valence-electron chi connectivity index (χ4n) is 1.56. The lowest BCUT2D eigenvalue weighted by molar-refractivity contribution is 0.0659. The normalized spacial score (nSPS) is 11.9. The van der Waals surface area contributed by atoms with Gasteiger partial charge in [-0.2, -0.15) is 0 Å². The van der Waals surface area contributed by atoms with Gasteiger partial charge in [0.1, 0.15) is 10.5 Å². The van der Waals surface area contributed by atoms with Crippen LogP contribution in [-0.2, 0) is 9.84 Å². The van der Waals surface area contributed by atoms with Gasteiger partial charge >= 0.3 is 5.97 Å². The molecule has 0 saturated heterocycles. The van der Waals surface area contributed by atoms with E-state index in [4.69, 9.17) is 9.52 Å². The smallest absolute Gasteiger partial charge is 0.373 e. The molecule has 2 rings (SSSR count). The number of carbonyl (C=O) groups is 1. The van der Waals surface area contributed by atoms with Crippen LogP contribution in [0.4, 0.5) is 0 Å². The van der Waals surface area contributed by atoms with Crippen molar-refractivity contribution >= 4 is 42.7 Å². The first-order valence-corrected chi connectivity index (χ1v) is 7.14. The molecule has 5 nitrogen and oxygen atoms in total. The third-order valence-electron chi connectivity index (χ3n) is 2.17. The highest BCUT2D eigenvalue weighted by Crippen LogP contribution is 2.32. The Bertz CT molecular complexity index is 714. The summed E-state index contributed by atoms with van der Waals surface area (Å²) >= 11 is 3.20. The molecule has 0 atom stereocenters. The molecule has 0 amide bonds. The second-order valence-electron chi connectivity index (χ2n) is 3.48. The summed E-state index contributed by atoms with van der Waals surface area (Å²) in [6, 6.07) is 4.67. The molecule has 7 heteroatoms. The molecule has 0 unspecified atom stereocenters. The van der Waals surface area contributed by atoms with Crippen molar-refractivity contribution < 1.29 is 22.7 Å². The first-order chi connectivity index (χ1) is 7.80. The number of carboxylic acid groups (broad SMARTS) is 1. The van der Waals surface area contributed by atoms with E-state index < -0.39 is 21.6 Å². The van der Waals surface area contributed by atoms with Gasteiger partial charge in [0.05, 0.1) is 0 Å². The van der Waals surface area contributed by atoms with E-state index in [-0.39, 0.29) is 15.9 Å². The molecular weight excluding hydrogens is 312 g/mol. The van der Waals surface area contributed by atoms with Gasteiger partial charge in [-0.3, -0.25) is 0 Å². The number of halogens is 1. The number of hydrogen-bond acceptors (Lipinski definition) is 4. The van der Waals surface area contributed by atoms with Crippen LogP contribution in [-0.4, -0.2) is 25.7 Å². The zero-order valence-electron chi connectivity index (χ0n) is 8.60. The number of sulfone groups is 1. The van der Waals surface area contributed by atoms with Crippen LogP contribution < -0.4 is 0 Å². The number of benzene rings is 1. The molecule has 0 aliphatic rings. The third kappa shape index (κ3) is 2.07. The third-order valence-corrected chi connectivity index (χ3v) is 3.81.